The van der Waals surface area contributed by atoms with E-state index >= 15 is 0 Å². The molecule has 30 heavy (non-hydrogen) atoms. The Morgan fingerprint density at radius 2 is 1.77 bits per heavy atom. The van der Waals surface area contributed by atoms with Gasteiger partial charge in [0.15, 0.2) is 0 Å². The van der Waals surface area contributed by atoms with E-state index in [1.807, 2.05) is 31.2 Å². The third-order valence-corrected chi connectivity index (χ3v) is 4.01. The number of carbonyl (C=O) groups excluding carboxylic acids is 2. The van der Waals surface area contributed by atoms with E-state index in [-0.39, 0.29) is 18.4 Å². The van der Waals surface area contributed by atoms with E-state index in [0.717, 1.165) is 11.4 Å². The molecule has 2 amide bonds. The van der Waals surface area contributed by atoms with Crippen molar-refractivity contribution in [3.05, 3.63) is 54.1 Å². The predicted octanol–water partition coefficient (Wildman–Crippen LogP) is 2.53. The van der Waals surface area contributed by atoms with Gasteiger partial charge >= 0.3 is 0 Å². The molecule has 2 aromatic rings. The number of carbonyl (C=O) groups is 2. The number of amides is 2. The smallest absolute Gasteiger partial charge is 0.251 e. The van der Waals surface area contributed by atoms with E-state index in [0.29, 0.717) is 44.2 Å². The summed E-state index contributed by atoms with van der Waals surface area (Å²) in [4.78, 5) is 24.3. The third-order valence-electron chi connectivity index (χ3n) is 4.01. The Balaban J connectivity index is 1.77. The van der Waals surface area contributed by atoms with Crippen LogP contribution >= 0.6 is 0 Å². The molecule has 0 saturated heterocycles. The van der Waals surface area contributed by atoms with Crippen LogP contribution in [0.15, 0.2) is 48.5 Å². The molecule has 8 heteroatoms. The minimum atomic E-state index is -0.219. The van der Waals surface area contributed by atoms with Crippen molar-refractivity contribution < 1.29 is 23.8 Å². The van der Waals surface area contributed by atoms with Gasteiger partial charge in [-0.2, -0.15) is 0 Å². The van der Waals surface area contributed by atoms with Crippen LogP contribution in [0.25, 0.3) is 0 Å². The van der Waals surface area contributed by atoms with Gasteiger partial charge in [0.05, 0.1) is 19.8 Å². The summed E-state index contributed by atoms with van der Waals surface area (Å²) in [6.45, 7) is 4.60. The lowest BCUT2D eigenvalue weighted by Gasteiger charge is -2.10. The van der Waals surface area contributed by atoms with E-state index in [1.165, 1.54) is 0 Å². The molecule has 0 heterocycles. The van der Waals surface area contributed by atoms with E-state index in [2.05, 4.69) is 16.0 Å². The Kier molecular flexibility index (Phi) is 10.2. The van der Waals surface area contributed by atoms with Gasteiger partial charge in [0.1, 0.15) is 12.4 Å². The monoisotopic (exact) mass is 415 g/mol. The fourth-order valence-corrected chi connectivity index (χ4v) is 2.53. The summed E-state index contributed by atoms with van der Waals surface area (Å²) in [5.74, 6) is 0.305. The van der Waals surface area contributed by atoms with E-state index in [9.17, 15) is 9.59 Å². The molecule has 162 valence electrons. The largest absolute Gasteiger partial charge is 0.491 e. The molecule has 0 saturated carbocycles. The number of benzene rings is 2. The van der Waals surface area contributed by atoms with Crippen molar-refractivity contribution in [1.29, 1.82) is 0 Å². The highest BCUT2D eigenvalue weighted by Crippen LogP contribution is 2.16. The number of hydrogen-bond donors (Lipinski definition) is 3. The van der Waals surface area contributed by atoms with Crippen molar-refractivity contribution in [1.82, 2.24) is 5.32 Å². The number of nitrogens with one attached hydrogen (secondary N) is 3. The molecule has 2 aromatic carbocycles. The normalized spacial score (nSPS) is 10.3. The second-order valence-electron chi connectivity index (χ2n) is 6.30. The summed E-state index contributed by atoms with van der Waals surface area (Å²) in [6, 6.07) is 14.1. The predicted molar refractivity (Wildman–Crippen MR) is 116 cm³/mol. The zero-order valence-electron chi connectivity index (χ0n) is 17.4. The minimum Gasteiger partial charge on any atom is -0.491 e. The molecule has 0 fully saturated rings. The first-order valence-corrected chi connectivity index (χ1v) is 9.84. The molecule has 0 aromatic heterocycles. The van der Waals surface area contributed by atoms with Crippen molar-refractivity contribution >= 4 is 23.2 Å². The van der Waals surface area contributed by atoms with Gasteiger partial charge in [-0.3, -0.25) is 9.59 Å². The lowest BCUT2D eigenvalue weighted by atomic mass is 10.2. The average molecular weight is 415 g/mol. The summed E-state index contributed by atoms with van der Waals surface area (Å²) in [5, 5.41) is 8.58. The number of rotatable bonds is 13. The van der Waals surface area contributed by atoms with Crippen molar-refractivity contribution in [2.24, 2.45) is 0 Å². The number of ether oxygens (including phenoxy) is 3. The molecule has 0 spiro atoms. The Hall–Kier alpha value is -3.10. The summed E-state index contributed by atoms with van der Waals surface area (Å²) in [7, 11) is 1.57. The maximum atomic E-state index is 12.2. The molecule has 2 rings (SSSR count). The topological polar surface area (TPSA) is 97.9 Å². The summed E-state index contributed by atoms with van der Waals surface area (Å²) < 4.78 is 15.7. The molecular weight excluding hydrogens is 386 g/mol. The molecular formula is C22H29N3O5. The highest BCUT2D eigenvalue weighted by atomic mass is 16.5. The Bertz CT molecular complexity index is 796. The van der Waals surface area contributed by atoms with Crippen LogP contribution in [0.4, 0.5) is 11.4 Å². The molecule has 0 aliphatic heterocycles. The van der Waals surface area contributed by atoms with Crippen molar-refractivity contribution in [2.75, 3.05) is 57.3 Å². The first-order valence-electron chi connectivity index (χ1n) is 9.84. The van der Waals surface area contributed by atoms with Gasteiger partial charge in [-0.15, -0.1) is 0 Å². The van der Waals surface area contributed by atoms with Gasteiger partial charge in [-0.1, -0.05) is 6.07 Å². The Labute approximate surface area is 176 Å². The van der Waals surface area contributed by atoms with Crippen molar-refractivity contribution in [3.63, 3.8) is 0 Å². The molecule has 0 aliphatic rings. The van der Waals surface area contributed by atoms with E-state index < -0.39 is 0 Å². The SMILES string of the molecule is CCOCCOc1ccc(NCC(=O)Nc2cccc(C(=O)NCCOC)c2)cc1. The number of methoxy groups -OCH3 is 1. The maximum Gasteiger partial charge on any atom is 0.251 e. The van der Waals surface area contributed by atoms with Gasteiger partial charge in [-0.25, -0.2) is 0 Å². The third kappa shape index (κ3) is 8.50. The molecule has 0 atom stereocenters. The maximum absolute atomic E-state index is 12.2. The molecule has 0 aliphatic carbocycles. The second-order valence-corrected chi connectivity index (χ2v) is 6.30. The Morgan fingerprint density at radius 3 is 2.50 bits per heavy atom. The van der Waals surface area contributed by atoms with Crippen LogP contribution < -0.4 is 20.7 Å². The van der Waals surface area contributed by atoms with Gasteiger partial charge in [0.2, 0.25) is 5.91 Å². The summed E-state index contributed by atoms with van der Waals surface area (Å²) in [5.41, 5.74) is 1.82. The van der Waals surface area contributed by atoms with Gasteiger partial charge in [-0.05, 0) is 49.4 Å². The highest BCUT2D eigenvalue weighted by molar-refractivity contribution is 5.98. The zero-order chi connectivity index (χ0) is 21.6. The highest BCUT2D eigenvalue weighted by Gasteiger charge is 2.08. The van der Waals surface area contributed by atoms with E-state index in [4.69, 9.17) is 14.2 Å². The first-order chi connectivity index (χ1) is 14.6. The molecule has 8 nitrogen and oxygen atoms in total. The average Bonchev–Trinajstić information content (AvgIpc) is 2.76. The fourth-order valence-electron chi connectivity index (χ4n) is 2.53. The standard InChI is InChI=1S/C22H29N3O5/c1-3-29-13-14-30-20-9-7-18(8-10-20)24-16-21(26)25-19-6-4-5-17(15-19)22(27)23-11-12-28-2/h4-10,15,24H,3,11-14,16H2,1-2H3,(H,23,27)(H,25,26). The van der Waals surface area contributed by atoms with Crippen LogP contribution in [-0.2, 0) is 14.3 Å². The molecule has 0 unspecified atom stereocenters. The zero-order valence-corrected chi connectivity index (χ0v) is 17.4. The Morgan fingerprint density at radius 1 is 0.967 bits per heavy atom. The lowest BCUT2D eigenvalue weighted by Crippen LogP contribution is -2.27. The summed E-state index contributed by atoms with van der Waals surface area (Å²) in [6.07, 6.45) is 0. The fraction of sp³-hybridized carbons (Fsp3) is 0.364. The van der Waals surface area contributed by atoms with Gasteiger partial charge < -0.3 is 30.2 Å². The number of anilines is 2. The van der Waals surface area contributed by atoms with Crippen LogP contribution in [0.2, 0.25) is 0 Å². The first kappa shape index (κ1) is 23.2. The van der Waals surface area contributed by atoms with Gasteiger partial charge in [0, 0.05) is 37.2 Å². The van der Waals surface area contributed by atoms with Crippen LogP contribution in [-0.4, -0.2) is 58.4 Å². The van der Waals surface area contributed by atoms with Crippen LogP contribution in [0.3, 0.4) is 0 Å². The molecule has 0 bridgehead atoms. The second kappa shape index (κ2) is 13.2. The lowest BCUT2D eigenvalue weighted by molar-refractivity contribution is -0.114. The van der Waals surface area contributed by atoms with Crippen LogP contribution in [0.1, 0.15) is 17.3 Å². The van der Waals surface area contributed by atoms with Crippen LogP contribution in [0.5, 0.6) is 5.75 Å². The summed E-state index contributed by atoms with van der Waals surface area (Å²) >= 11 is 0. The molecule has 3 N–H and O–H groups in total. The van der Waals surface area contributed by atoms with Gasteiger partial charge in [0.25, 0.3) is 5.91 Å². The quantitative estimate of drug-likeness (QED) is 0.435. The minimum absolute atomic E-state index is 0.0921. The van der Waals surface area contributed by atoms with Crippen molar-refractivity contribution in [3.8, 4) is 5.75 Å². The number of hydrogen-bond acceptors (Lipinski definition) is 6. The molecule has 0 radical (unpaired) electrons. The van der Waals surface area contributed by atoms with Crippen LogP contribution in [0, 0.1) is 0 Å². The van der Waals surface area contributed by atoms with Crippen molar-refractivity contribution in [2.45, 2.75) is 6.92 Å². The van der Waals surface area contributed by atoms with E-state index in [1.54, 1.807) is 31.4 Å².